The molecule has 1 heterocycles. The summed E-state index contributed by atoms with van der Waals surface area (Å²) in [5.41, 5.74) is 6.41. The fraction of sp³-hybridized carbons (Fsp3) is 0.208. The summed E-state index contributed by atoms with van der Waals surface area (Å²) >= 11 is 0. The molecule has 8 nitrogen and oxygen atoms in total. The summed E-state index contributed by atoms with van der Waals surface area (Å²) in [6.07, 6.45) is 1.53. The van der Waals surface area contributed by atoms with Crippen LogP contribution in [0.15, 0.2) is 53.6 Å². The van der Waals surface area contributed by atoms with Crippen molar-refractivity contribution in [2.24, 2.45) is 5.10 Å². The van der Waals surface area contributed by atoms with Gasteiger partial charge in [-0.25, -0.2) is 10.2 Å². The van der Waals surface area contributed by atoms with Gasteiger partial charge in [-0.05, 0) is 57.2 Å². The van der Waals surface area contributed by atoms with E-state index >= 15 is 0 Å². The highest BCUT2D eigenvalue weighted by molar-refractivity contribution is 5.97. The van der Waals surface area contributed by atoms with E-state index < -0.39 is 5.91 Å². The molecular formula is C24H25N3O5. The Morgan fingerprint density at radius 2 is 1.94 bits per heavy atom. The lowest BCUT2D eigenvalue weighted by Gasteiger charge is -2.11. The number of methoxy groups -OCH3 is 1. The number of carbonyl (C=O) groups excluding carboxylic acids is 2. The van der Waals surface area contributed by atoms with E-state index in [1.165, 1.54) is 25.5 Å². The van der Waals surface area contributed by atoms with Gasteiger partial charge in [0.2, 0.25) is 0 Å². The minimum absolute atomic E-state index is 0.0872. The Morgan fingerprint density at radius 1 is 1.16 bits per heavy atom. The molecule has 3 rings (SSSR count). The van der Waals surface area contributed by atoms with Crippen molar-refractivity contribution in [3.05, 3.63) is 76.6 Å². The Hall–Kier alpha value is -4.07. The molecule has 0 atom stereocenters. The van der Waals surface area contributed by atoms with Crippen molar-refractivity contribution in [2.75, 3.05) is 13.7 Å². The molecule has 166 valence electrons. The molecule has 8 heteroatoms. The van der Waals surface area contributed by atoms with Crippen LogP contribution in [0, 0.1) is 13.8 Å². The first-order chi connectivity index (χ1) is 15.3. The number of carbonyl (C=O) groups is 2. The summed E-state index contributed by atoms with van der Waals surface area (Å²) in [5.74, 6) is -0.667. The largest absolute Gasteiger partial charge is 0.507 e. The van der Waals surface area contributed by atoms with E-state index in [1.807, 2.05) is 30.5 Å². The van der Waals surface area contributed by atoms with Gasteiger partial charge >= 0.3 is 5.97 Å². The van der Waals surface area contributed by atoms with Gasteiger partial charge in [-0.3, -0.25) is 4.79 Å². The average molecular weight is 435 g/mol. The Balaban J connectivity index is 1.79. The number of hydrogen-bond donors (Lipinski definition) is 2. The summed E-state index contributed by atoms with van der Waals surface area (Å²) in [4.78, 5) is 24.4. The number of aromatic hydroxyl groups is 1. The third-order valence-electron chi connectivity index (χ3n) is 4.91. The van der Waals surface area contributed by atoms with Crippen LogP contribution in [0.5, 0.6) is 11.5 Å². The van der Waals surface area contributed by atoms with Gasteiger partial charge in [0.1, 0.15) is 11.5 Å². The van der Waals surface area contributed by atoms with Gasteiger partial charge in [-0.2, -0.15) is 5.10 Å². The van der Waals surface area contributed by atoms with Crippen molar-refractivity contribution in [3.8, 4) is 17.2 Å². The van der Waals surface area contributed by atoms with Gasteiger partial charge in [-0.1, -0.05) is 6.07 Å². The third kappa shape index (κ3) is 4.80. The number of aromatic nitrogens is 1. The van der Waals surface area contributed by atoms with Gasteiger partial charge in [0.15, 0.2) is 0 Å². The van der Waals surface area contributed by atoms with Crippen molar-refractivity contribution in [1.82, 2.24) is 9.99 Å². The van der Waals surface area contributed by atoms with Gasteiger partial charge in [0, 0.05) is 28.7 Å². The van der Waals surface area contributed by atoms with Crippen molar-refractivity contribution < 1.29 is 24.2 Å². The monoisotopic (exact) mass is 435 g/mol. The van der Waals surface area contributed by atoms with Crippen molar-refractivity contribution >= 4 is 18.1 Å². The second-order valence-electron chi connectivity index (χ2n) is 7.01. The first kappa shape index (κ1) is 22.6. The van der Waals surface area contributed by atoms with E-state index in [9.17, 15) is 14.7 Å². The summed E-state index contributed by atoms with van der Waals surface area (Å²) in [6, 6.07) is 13.5. The van der Waals surface area contributed by atoms with E-state index in [0.29, 0.717) is 17.9 Å². The molecule has 0 bridgehead atoms. The van der Waals surface area contributed by atoms with Crippen LogP contribution in [0.3, 0.4) is 0 Å². The van der Waals surface area contributed by atoms with Gasteiger partial charge in [0.25, 0.3) is 5.91 Å². The summed E-state index contributed by atoms with van der Waals surface area (Å²) in [6.45, 7) is 5.94. The molecule has 0 saturated carbocycles. The maximum Gasteiger partial charge on any atom is 0.338 e. The predicted octanol–water partition coefficient (Wildman–Crippen LogP) is 3.75. The quantitative estimate of drug-likeness (QED) is 0.334. The van der Waals surface area contributed by atoms with Crippen LogP contribution in [-0.4, -0.2) is 41.5 Å². The Labute approximate surface area is 186 Å². The number of amides is 1. The van der Waals surface area contributed by atoms with E-state index in [1.54, 1.807) is 31.2 Å². The maximum atomic E-state index is 12.3. The van der Waals surface area contributed by atoms with E-state index in [2.05, 4.69) is 10.5 Å². The molecule has 1 amide bonds. The second kappa shape index (κ2) is 9.82. The maximum absolute atomic E-state index is 12.3. The standard InChI is InChI=1S/C24H25N3O5/c1-5-32-24(30)17-7-6-8-19(12-17)27-15(2)11-18(16(27)3)14-25-26-23(29)21-10-9-20(31-4)13-22(21)28/h6-14,28H,5H2,1-4H3,(H,26,29)/b25-14-. The molecular weight excluding hydrogens is 410 g/mol. The smallest absolute Gasteiger partial charge is 0.338 e. The van der Waals surface area contributed by atoms with E-state index in [-0.39, 0.29) is 17.3 Å². The number of benzene rings is 2. The molecule has 0 aliphatic heterocycles. The number of phenolic OH excluding ortho intramolecular Hbond substituents is 1. The number of hydrogen-bond acceptors (Lipinski definition) is 6. The fourth-order valence-electron chi connectivity index (χ4n) is 3.35. The summed E-state index contributed by atoms with van der Waals surface area (Å²) < 4.78 is 12.1. The number of phenols is 1. The first-order valence-corrected chi connectivity index (χ1v) is 10.0. The number of nitrogens with zero attached hydrogens (tertiary/aromatic N) is 2. The Morgan fingerprint density at radius 3 is 2.62 bits per heavy atom. The van der Waals surface area contributed by atoms with E-state index in [0.717, 1.165) is 22.6 Å². The average Bonchev–Trinajstić information content (AvgIpc) is 3.06. The number of ether oxygens (including phenoxy) is 2. The topological polar surface area (TPSA) is 102 Å². The van der Waals surface area contributed by atoms with E-state index in [4.69, 9.17) is 9.47 Å². The fourth-order valence-corrected chi connectivity index (χ4v) is 3.35. The molecule has 0 unspecified atom stereocenters. The van der Waals surface area contributed by atoms with Crippen LogP contribution in [-0.2, 0) is 4.74 Å². The molecule has 0 saturated heterocycles. The van der Waals surface area contributed by atoms with Gasteiger partial charge < -0.3 is 19.1 Å². The van der Waals surface area contributed by atoms with Crippen LogP contribution in [0.1, 0.15) is 44.6 Å². The molecule has 0 fully saturated rings. The Bertz CT molecular complexity index is 1180. The molecule has 2 N–H and O–H groups in total. The lowest BCUT2D eigenvalue weighted by molar-refractivity contribution is 0.0526. The molecule has 0 radical (unpaired) electrons. The lowest BCUT2D eigenvalue weighted by Crippen LogP contribution is -2.17. The normalized spacial score (nSPS) is 10.9. The molecule has 0 aliphatic carbocycles. The summed E-state index contributed by atoms with van der Waals surface area (Å²) in [5, 5.41) is 14.0. The lowest BCUT2D eigenvalue weighted by atomic mass is 10.2. The van der Waals surface area contributed by atoms with Crippen LogP contribution in [0.25, 0.3) is 5.69 Å². The third-order valence-corrected chi connectivity index (χ3v) is 4.91. The van der Waals surface area contributed by atoms with Crippen molar-refractivity contribution in [1.29, 1.82) is 0 Å². The molecule has 1 aromatic heterocycles. The number of rotatable bonds is 7. The highest BCUT2D eigenvalue weighted by Gasteiger charge is 2.14. The molecule has 3 aromatic rings. The zero-order chi connectivity index (χ0) is 23.3. The molecule has 2 aromatic carbocycles. The minimum Gasteiger partial charge on any atom is -0.507 e. The number of hydrazone groups is 1. The molecule has 0 aliphatic rings. The van der Waals surface area contributed by atoms with Crippen LogP contribution < -0.4 is 10.2 Å². The van der Waals surface area contributed by atoms with Gasteiger partial charge in [-0.15, -0.1) is 0 Å². The van der Waals surface area contributed by atoms with Crippen LogP contribution in [0.4, 0.5) is 0 Å². The SMILES string of the molecule is CCOC(=O)c1cccc(-n2c(C)cc(/C=N\NC(=O)c3ccc(OC)cc3O)c2C)c1. The zero-order valence-corrected chi connectivity index (χ0v) is 18.4. The first-order valence-electron chi connectivity index (χ1n) is 10.0. The van der Waals surface area contributed by atoms with Gasteiger partial charge in [0.05, 0.1) is 31.1 Å². The predicted molar refractivity (Wildman–Crippen MR) is 121 cm³/mol. The van der Waals surface area contributed by atoms with Crippen molar-refractivity contribution in [2.45, 2.75) is 20.8 Å². The molecule has 32 heavy (non-hydrogen) atoms. The number of esters is 1. The van der Waals surface area contributed by atoms with Crippen molar-refractivity contribution in [3.63, 3.8) is 0 Å². The zero-order valence-electron chi connectivity index (χ0n) is 18.4. The highest BCUT2D eigenvalue weighted by Crippen LogP contribution is 2.23. The van der Waals surface area contributed by atoms with Crippen LogP contribution in [0.2, 0.25) is 0 Å². The number of aryl methyl sites for hydroxylation is 1. The number of nitrogens with one attached hydrogen (secondary N) is 1. The highest BCUT2D eigenvalue weighted by atomic mass is 16.5. The molecule has 0 spiro atoms. The minimum atomic E-state index is -0.544. The second-order valence-corrected chi connectivity index (χ2v) is 7.01. The van der Waals surface area contributed by atoms with Crippen LogP contribution >= 0.6 is 0 Å². The Kier molecular flexibility index (Phi) is 6.94. The summed E-state index contributed by atoms with van der Waals surface area (Å²) in [7, 11) is 1.47.